The maximum atomic E-state index is 13.5. The highest BCUT2D eigenvalue weighted by atomic mass is 32.1. The molecule has 7 rings (SSSR count). The fraction of sp³-hybridized carbons (Fsp3) is 0.161. The molecule has 42 heavy (non-hydrogen) atoms. The van der Waals surface area contributed by atoms with E-state index in [0.717, 1.165) is 44.2 Å². The van der Waals surface area contributed by atoms with E-state index in [4.69, 9.17) is 9.47 Å². The number of benzene rings is 3. The zero-order valence-corrected chi connectivity index (χ0v) is 23.3. The number of aromatic nitrogens is 2. The van der Waals surface area contributed by atoms with Gasteiger partial charge in [0.15, 0.2) is 5.82 Å². The highest BCUT2D eigenvalue weighted by Gasteiger charge is 2.34. The molecular weight excluding hydrogens is 552 g/mol. The molecule has 0 aliphatic carbocycles. The van der Waals surface area contributed by atoms with Gasteiger partial charge in [-0.15, -0.1) is 11.3 Å². The largest absolute Gasteiger partial charge is 0.457 e. The molecular formula is C31H26N6O4S. The Balaban J connectivity index is 1.14. The van der Waals surface area contributed by atoms with Crippen LogP contribution < -0.4 is 20.3 Å². The summed E-state index contributed by atoms with van der Waals surface area (Å²) >= 11 is 1.22. The molecule has 0 spiro atoms. The molecule has 11 heteroatoms. The maximum absolute atomic E-state index is 13.5. The van der Waals surface area contributed by atoms with Crippen LogP contribution >= 0.6 is 11.3 Å². The van der Waals surface area contributed by atoms with E-state index in [1.807, 2.05) is 54.6 Å². The molecule has 2 aliphatic rings. The Morgan fingerprint density at radius 3 is 2.57 bits per heavy atom. The van der Waals surface area contributed by atoms with Gasteiger partial charge in [-0.2, -0.15) is 0 Å². The van der Waals surface area contributed by atoms with Gasteiger partial charge < -0.3 is 20.1 Å². The fourth-order valence-electron chi connectivity index (χ4n) is 5.11. The van der Waals surface area contributed by atoms with Crippen molar-refractivity contribution < 1.29 is 19.1 Å². The fourth-order valence-corrected chi connectivity index (χ4v) is 6.09. The number of ether oxygens (including phenoxy) is 2. The molecule has 5 aromatic rings. The standard InChI is InChI=1S/C31H26N6O4S/c38-29(34-21-6-4-5-20(17-21)18-36-13-15-40-16-14-36)27-26-25-28(32-19-33-30(25)42-27)37(31(39)35-26)22-9-11-24(12-10-22)41-23-7-2-1-3-8-23/h1-12,17,19H,13-16,18H2,(H,34,38)(H,35,39). The molecule has 10 nitrogen and oxygen atoms in total. The number of amides is 3. The summed E-state index contributed by atoms with van der Waals surface area (Å²) in [6.45, 7) is 4.01. The first-order valence-electron chi connectivity index (χ1n) is 13.5. The number of carbonyl (C=O) groups excluding carboxylic acids is 2. The minimum Gasteiger partial charge on any atom is -0.457 e. The lowest BCUT2D eigenvalue weighted by Crippen LogP contribution is -2.35. The Morgan fingerprint density at radius 2 is 1.76 bits per heavy atom. The number of urea groups is 1. The van der Waals surface area contributed by atoms with Crippen molar-refractivity contribution in [2.75, 3.05) is 41.8 Å². The number of hydrogen-bond donors (Lipinski definition) is 2. The molecule has 2 aromatic heterocycles. The van der Waals surface area contributed by atoms with E-state index >= 15 is 0 Å². The second-order valence-corrected chi connectivity index (χ2v) is 10.9. The van der Waals surface area contributed by atoms with E-state index < -0.39 is 6.03 Å². The Hall–Kier alpha value is -4.84. The summed E-state index contributed by atoms with van der Waals surface area (Å²) in [5, 5.41) is 6.54. The van der Waals surface area contributed by atoms with Crippen LogP contribution in [0.2, 0.25) is 0 Å². The Morgan fingerprint density at radius 1 is 0.976 bits per heavy atom. The Kier molecular flexibility index (Phi) is 6.96. The molecule has 1 saturated heterocycles. The van der Waals surface area contributed by atoms with Crippen LogP contribution in [-0.2, 0) is 11.3 Å². The molecule has 1 fully saturated rings. The lowest BCUT2D eigenvalue weighted by Gasteiger charge is -2.27. The average molecular weight is 579 g/mol. The first kappa shape index (κ1) is 26.1. The number of nitrogens with zero attached hydrogens (tertiary/aromatic N) is 4. The number of rotatable bonds is 7. The zero-order valence-electron chi connectivity index (χ0n) is 22.4. The number of carbonyl (C=O) groups is 2. The summed E-state index contributed by atoms with van der Waals surface area (Å²) in [7, 11) is 0. The van der Waals surface area contributed by atoms with E-state index in [2.05, 4.69) is 25.5 Å². The zero-order chi connectivity index (χ0) is 28.5. The van der Waals surface area contributed by atoms with Gasteiger partial charge in [0.25, 0.3) is 5.91 Å². The third-order valence-electron chi connectivity index (χ3n) is 7.09. The van der Waals surface area contributed by atoms with Gasteiger partial charge in [-0.25, -0.2) is 19.7 Å². The lowest BCUT2D eigenvalue weighted by atomic mass is 10.1. The number of hydrogen-bond acceptors (Lipinski definition) is 8. The van der Waals surface area contributed by atoms with Crippen molar-refractivity contribution in [2.45, 2.75) is 6.54 Å². The highest BCUT2D eigenvalue weighted by molar-refractivity contribution is 7.21. The van der Waals surface area contributed by atoms with Crippen molar-refractivity contribution in [1.29, 1.82) is 0 Å². The normalized spacial score (nSPS) is 15.0. The van der Waals surface area contributed by atoms with Crippen molar-refractivity contribution in [3.8, 4) is 11.5 Å². The second-order valence-electron chi connectivity index (χ2n) is 9.90. The number of nitrogens with one attached hydrogen (secondary N) is 2. The van der Waals surface area contributed by atoms with Crippen molar-refractivity contribution in [1.82, 2.24) is 14.9 Å². The van der Waals surface area contributed by atoms with Crippen molar-refractivity contribution in [2.24, 2.45) is 0 Å². The molecule has 0 atom stereocenters. The van der Waals surface area contributed by atoms with Gasteiger partial charge in [-0.05, 0) is 54.1 Å². The van der Waals surface area contributed by atoms with Crippen LogP contribution in [0.5, 0.6) is 11.5 Å². The van der Waals surface area contributed by atoms with E-state index in [1.54, 1.807) is 24.3 Å². The predicted molar refractivity (Wildman–Crippen MR) is 162 cm³/mol. The van der Waals surface area contributed by atoms with E-state index in [1.165, 1.54) is 22.6 Å². The molecule has 210 valence electrons. The van der Waals surface area contributed by atoms with Gasteiger partial charge in [-0.1, -0.05) is 30.3 Å². The van der Waals surface area contributed by atoms with Gasteiger partial charge in [0.2, 0.25) is 0 Å². The molecule has 0 radical (unpaired) electrons. The van der Waals surface area contributed by atoms with E-state index in [0.29, 0.717) is 43.7 Å². The molecule has 3 aromatic carbocycles. The summed E-state index contributed by atoms with van der Waals surface area (Å²) in [5.74, 6) is 1.45. The number of thiophene rings is 1. The summed E-state index contributed by atoms with van der Waals surface area (Å²) in [4.78, 5) is 40.5. The summed E-state index contributed by atoms with van der Waals surface area (Å²) in [6, 6.07) is 24.0. The molecule has 2 aliphatic heterocycles. The predicted octanol–water partition coefficient (Wildman–Crippen LogP) is 6.25. The third kappa shape index (κ3) is 5.16. The maximum Gasteiger partial charge on any atom is 0.332 e. The number of para-hydroxylation sites is 1. The van der Waals surface area contributed by atoms with Crippen molar-refractivity contribution >= 4 is 56.4 Å². The SMILES string of the molecule is O=C(Nc1cccc(CN2CCOCC2)c1)c1sc2ncnc3c2c1NC(=O)N3c1ccc(Oc2ccccc2)cc1. The van der Waals surface area contributed by atoms with Gasteiger partial charge >= 0.3 is 6.03 Å². The average Bonchev–Trinajstić information content (AvgIpc) is 3.39. The first-order chi connectivity index (χ1) is 20.6. The monoisotopic (exact) mass is 578 g/mol. The quantitative estimate of drug-likeness (QED) is 0.235. The molecule has 2 N–H and O–H groups in total. The van der Waals surface area contributed by atoms with Gasteiger partial charge in [0.1, 0.15) is 27.5 Å². The molecule has 0 unspecified atom stereocenters. The van der Waals surface area contributed by atoms with Gasteiger partial charge in [0, 0.05) is 25.3 Å². The van der Waals surface area contributed by atoms with Crippen LogP contribution in [-0.4, -0.2) is 53.1 Å². The first-order valence-corrected chi connectivity index (χ1v) is 14.4. The highest BCUT2D eigenvalue weighted by Crippen LogP contribution is 2.45. The van der Waals surface area contributed by atoms with Gasteiger partial charge in [-0.3, -0.25) is 9.69 Å². The van der Waals surface area contributed by atoms with Gasteiger partial charge in [0.05, 0.1) is 30.0 Å². The minimum atomic E-state index is -0.417. The van der Waals surface area contributed by atoms with Crippen molar-refractivity contribution in [3.05, 3.63) is 95.6 Å². The van der Waals surface area contributed by atoms with Crippen LogP contribution in [0.4, 0.5) is 27.7 Å². The minimum absolute atomic E-state index is 0.321. The topological polar surface area (TPSA) is 109 Å². The lowest BCUT2D eigenvalue weighted by molar-refractivity contribution is 0.0342. The van der Waals surface area contributed by atoms with Crippen LogP contribution in [0.3, 0.4) is 0 Å². The number of morpholine rings is 1. The summed E-state index contributed by atoms with van der Waals surface area (Å²) in [5.41, 5.74) is 2.80. The van der Waals surface area contributed by atoms with Crippen LogP contribution in [0, 0.1) is 0 Å². The van der Waals surface area contributed by atoms with E-state index in [9.17, 15) is 9.59 Å². The Labute approximate surface area is 245 Å². The third-order valence-corrected chi connectivity index (χ3v) is 8.19. The summed E-state index contributed by atoms with van der Waals surface area (Å²) in [6.07, 6.45) is 1.41. The van der Waals surface area contributed by atoms with Crippen molar-refractivity contribution in [3.63, 3.8) is 0 Å². The molecule has 0 bridgehead atoms. The van der Waals surface area contributed by atoms with Crippen LogP contribution in [0.15, 0.2) is 85.2 Å². The molecule has 0 saturated carbocycles. The van der Waals surface area contributed by atoms with Crippen LogP contribution in [0.25, 0.3) is 10.2 Å². The Bertz CT molecular complexity index is 1770. The van der Waals surface area contributed by atoms with E-state index in [-0.39, 0.29) is 5.91 Å². The second kappa shape index (κ2) is 11.2. The molecule has 3 amide bonds. The smallest absolute Gasteiger partial charge is 0.332 e. The summed E-state index contributed by atoms with van der Waals surface area (Å²) < 4.78 is 11.3. The van der Waals surface area contributed by atoms with Crippen LogP contribution in [0.1, 0.15) is 15.2 Å². The molecule has 4 heterocycles. The number of anilines is 4.